The van der Waals surface area contributed by atoms with Crippen LogP contribution in [0.4, 0.5) is 5.69 Å². The largest absolute Gasteiger partial charge is 0.497 e. The van der Waals surface area contributed by atoms with Gasteiger partial charge in [0, 0.05) is 19.8 Å². The molecule has 0 saturated carbocycles. The maximum Gasteiger partial charge on any atom is 0.118 e. The predicted molar refractivity (Wildman–Crippen MR) is 76.6 cm³/mol. The maximum absolute atomic E-state index is 5.16. The fraction of sp³-hybridized carbons (Fsp3) is 0.250. The van der Waals surface area contributed by atoms with Gasteiger partial charge in [-0.3, -0.25) is 0 Å². The SMILES string of the molecule is COc1ccc(Cc2ccc(N(C)C)cc2)cc1. The Kier molecular flexibility index (Phi) is 3.88. The van der Waals surface area contributed by atoms with E-state index >= 15 is 0 Å². The highest BCUT2D eigenvalue weighted by molar-refractivity contribution is 5.46. The Labute approximate surface area is 109 Å². The molecule has 0 radical (unpaired) electrons. The summed E-state index contributed by atoms with van der Waals surface area (Å²) in [5, 5.41) is 0. The first-order valence-corrected chi connectivity index (χ1v) is 6.08. The highest BCUT2D eigenvalue weighted by Crippen LogP contribution is 2.17. The standard InChI is InChI=1S/C16H19NO/c1-17(2)15-8-4-13(5-9-15)12-14-6-10-16(18-3)11-7-14/h4-11H,12H2,1-3H3. The minimum Gasteiger partial charge on any atom is -0.497 e. The van der Waals surface area contributed by atoms with Crippen LogP contribution >= 0.6 is 0 Å². The monoisotopic (exact) mass is 241 g/mol. The van der Waals surface area contributed by atoms with Crippen molar-refractivity contribution in [3.63, 3.8) is 0 Å². The molecule has 0 saturated heterocycles. The van der Waals surface area contributed by atoms with Crippen LogP contribution in [0.2, 0.25) is 0 Å². The third kappa shape index (κ3) is 3.04. The van der Waals surface area contributed by atoms with Crippen LogP contribution in [-0.2, 0) is 6.42 Å². The minimum absolute atomic E-state index is 0.904. The molecule has 18 heavy (non-hydrogen) atoms. The molecule has 0 aliphatic rings. The van der Waals surface area contributed by atoms with E-state index in [4.69, 9.17) is 4.74 Å². The van der Waals surface area contributed by atoms with Crippen LogP contribution < -0.4 is 9.64 Å². The molecule has 0 heterocycles. The Hall–Kier alpha value is -1.96. The molecule has 0 unspecified atom stereocenters. The Balaban J connectivity index is 2.08. The van der Waals surface area contributed by atoms with Crippen LogP contribution in [0, 0.1) is 0 Å². The van der Waals surface area contributed by atoms with Gasteiger partial charge < -0.3 is 9.64 Å². The third-order valence-electron chi connectivity index (χ3n) is 3.02. The number of anilines is 1. The average molecular weight is 241 g/mol. The number of nitrogens with zero attached hydrogens (tertiary/aromatic N) is 1. The van der Waals surface area contributed by atoms with Gasteiger partial charge in [-0.1, -0.05) is 24.3 Å². The van der Waals surface area contributed by atoms with Crippen molar-refractivity contribution in [1.29, 1.82) is 0 Å². The van der Waals surface area contributed by atoms with Crippen LogP contribution in [0.5, 0.6) is 5.75 Å². The number of ether oxygens (including phenoxy) is 1. The molecule has 0 atom stereocenters. The Morgan fingerprint density at radius 2 is 1.33 bits per heavy atom. The lowest BCUT2D eigenvalue weighted by molar-refractivity contribution is 0.414. The third-order valence-corrected chi connectivity index (χ3v) is 3.02. The van der Waals surface area contributed by atoms with Crippen molar-refractivity contribution in [2.24, 2.45) is 0 Å². The number of methoxy groups -OCH3 is 1. The molecule has 0 aliphatic heterocycles. The summed E-state index contributed by atoms with van der Waals surface area (Å²) in [6.45, 7) is 0. The fourth-order valence-corrected chi connectivity index (χ4v) is 1.89. The van der Waals surface area contributed by atoms with Crippen molar-refractivity contribution in [2.75, 3.05) is 26.1 Å². The van der Waals surface area contributed by atoms with Gasteiger partial charge in [-0.15, -0.1) is 0 Å². The fourth-order valence-electron chi connectivity index (χ4n) is 1.89. The van der Waals surface area contributed by atoms with Crippen LogP contribution in [0.3, 0.4) is 0 Å². The summed E-state index contributed by atoms with van der Waals surface area (Å²) in [5.41, 5.74) is 3.85. The van der Waals surface area contributed by atoms with E-state index in [0.29, 0.717) is 0 Å². The summed E-state index contributed by atoms with van der Waals surface area (Å²) in [5.74, 6) is 0.904. The van der Waals surface area contributed by atoms with E-state index in [0.717, 1.165) is 12.2 Å². The summed E-state index contributed by atoms with van der Waals surface area (Å²) in [4.78, 5) is 2.11. The summed E-state index contributed by atoms with van der Waals surface area (Å²) in [7, 11) is 5.80. The highest BCUT2D eigenvalue weighted by atomic mass is 16.5. The number of benzene rings is 2. The number of rotatable bonds is 4. The Bertz CT molecular complexity index is 486. The van der Waals surface area contributed by atoms with Crippen LogP contribution in [0.1, 0.15) is 11.1 Å². The topological polar surface area (TPSA) is 12.5 Å². The molecule has 2 aromatic carbocycles. The first-order chi connectivity index (χ1) is 8.69. The van der Waals surface area contributed by atoms with Gasteiger partial charge in [0.25, 0.3) is 0 Å². The van der Waals surface area contributed by atoms with Crippen molar-refractivity contribution >= 4 is 5.69 Å². The van der Waals surface area contributed by atoms with Gasteiger partial charge in [0.1, 0.15) is 5.75 Å². The van der Waals surface area contributed by atoms with E-state index in [1.54, 1.807) is 7.11 Å². The first-order valence-electron chi connectivity index (χ1n) is 6.08. The molecule has 0 bridgehead atoms. The summed E-state index contributed by atoms with van der Waals surface area (Å²) < 4.78 is 5.16. The zero-order valence-electron chi connectivity index (χ0n) is 11.2. The van der Waals surface area contributed by atoms with Crippen LogP contribution in [0.25, 0.3) is 0 Å². The smallest absolute Gasteiger partial charge is 0.118 e. The number of hydrogen-bond acceptors (Lipinski definition) is 2. The van der Waals surface area contributed by atoms with Crippen molar-refractivity contribution in [2.45, 2.75) is 6.42 Å². The lowest BCUT2D eigenvalue weighted by atomic mass is 10.0. The molecular formula is C16H19NO. The lowest BCUT2D eigenvalue weighted by Gasteiger charge is -2.12. The molecule has 0 amide bonds. The average Bonchev–Trinajstić information content (AvgIpc) is 2.40. The zero-order valence-corrected chi connectivity index (χ0v) is 11.2. The molecule has 0 N–H and O–H groups in total. The zero-order chi connectivity index (χ0) is 13.0. The van der Waals surface area contributed by atoms with Gasteiger partial charge in [0.2, 0.25) is 0 Å². The summed E-state index contributed by atoms with van der Waals surface area (Å²) in [6, 6.07) is 16.9. The highest BCUT2D eigenvalue weighted by Gasteiger charge is 1.99. The molecule has 2 rings (SSSR count). The van der Waals surface area contributed by atoms with E-state index in [-0.39, 0.29) is 0 Å². The van der Waals surface area contributed by atoms with Crippen molar-refractivity contribution < 1.29 is 4.74 Å². The van der Waals surface area contributed by atoms with Crippen molar-refractivity contribution in [1.82, 2.24) is 0 Å². The molecule has 0 aliphatic carbocycles. The minimum atomic E-state index is 0.904. The molecular weight excluding hydrogens is 222 g/mol. The molecule has 0 spiro atoms. The Morgan fingerprint density at radius 3 is 1.78 bits per heavy atom. The Morgan fingerprint density at radius 1 is 0.833 bits per heavy atom. The molecule has 94 valence electrons. The summed E-state index contributed by atoms with van der Waals surface area (Å²) >= 11 is 0. The second-order valence-electron chi connectivity index (χ2n) is 4.59. The first kappa shape index (κ1) is 12.5. The number of hydrogen-bond donors (Lipinski definition) is 0. The summed E-state index contributed by atoms with van der Waals surface area (Å²) in [6.07, 6.45) is 0.956. The predicted octanol–water partition coefficient (Wildman–Crippen LogP) is 3.35. The second-order valence-corrected chi connectivity index (χ2v) is 4.59. The van der Waals surface area contributed by atoms with E-state index in [1.807, 2.05) is 12.1 Å². The van der Waals surface area contributed by atoms with Gasteiger partial charge in [0.15, 0.2) is 0 Å². The lowest BCUT2D eigenvalue weighted by Crippen LogP contribution is -2.08. The van der Waals surface area contributed by atoms with E-state index in [1.165, 1.54) is 16.8 Å². The van der Waals surface area contributed by atoms with Crippen LogP contribution in [0.15, 0.2) is 48.5 Å². The van der Waals surface area contributed by atoms with Gasteiger partial charge in [-0.05, 0) is 41.8 Å². The molecule has 0 aromatic heterocycles. The van der Waals surface area contributed by atoms with Gasteiger partial charge in [-0.2, -0.15) is 0 Å². The van der Waals surface area contributed by atoms with E-state index in [2.05, 4.69) is 55.4 Å². The maximum atomic E-state index is 5.16. The van der Waals surface area contributed by atoms with Gasteiger partial charge in [-0.25, -0.2) is 0 Å². The van der Waals surface area contributed by atoms with Crippen molar-refractivity contribution in [3.8, 4) is 5.75 Å². The van der Waals surface area contributed by atoms with Crippen LogP contribution in [-0.4, -0.2) is 21.2 Å². The normalized spacial score (nSPS) is 10.2. The molecule has 2 heteroatoms. The second kappa shape index (κ2) is 5.58. The quantitative estimate of drug-likeness (QED) is 0.814. The van der Waals surface area contributed by atoms with Crippen molar-refractivity contribution in [3.05, 3.63) is 59.7 Å². The molecule has 0 fully saturated rings. The van der Waals surface area contributed by atoms with Gasteiger partial charge in [0.05, 0.1) is 7.11 Å². The van der Waals surface area contributed by atoms with E-state index in [9.17, 15) is 0 Å². The molecule has 2 nitrogen and oxygen atoms in total. The molecule has 2 aromatic rings. The van der Waals surface area contributed by atoms with Gasteiger partial charge >= 0.3 is 0 Å². The van der Waals surface area contributed by atoms with E-state index < -0.39 is 0 Å².